The Morgan fingerprint density at radius 3 is 2.13 bits per heavy atom. The molecule has 0 unspecified atom stereocenters. The number of rotatable bonds is 9. The van der Waals surface area contributed by atoms with E-state index in [-0.39, 0.29) is 12.5 Å². The molecule has 1 saturated heterocycles. The van der Waals surface area contributed by atoms with Gasteiger partial charge in [0, 0.05) is 12.0 Å². The van der Waals surface area contributed by atoms with E-state index in [1.807, 2.05) is 42.5 Å². The molecule has 1 amide bonds. The van der Waals surface area contributed by atoms with Gasteiger partial charge in [0.15, 0.2) is 17.0 Å². The number of carbonyl (C=O) groups is 1. The summed E-state index contributed by atoms with van der Waals surface area (Å²) < 4.78 is 15.2. The molecular weight excluding hydrogens is 578 g/mol. The zero-order chi connectivity index (χ0) is 31.5. The third kappa shape index (κ3) is 5.56. The van der Waals surface area contributed by atoms with E-state index in [1.54, 1.807) is 35.2 Å². The minimum absolute atomic E-state index is 0.120. The molecule has 6 aromatic rings. The average Bonchev–Trinajstić information content (AvgIpc) is 3.71. The van der Waals surface area contributed by atoms with Crippen LogP contribution in [0.2, 0.25) is 0 Å². The van der Waals surface area contributed by atoms with E-state index in [0.29, 0.717) is 29.0 Å². The summed E-state index contributed by atoms with van der Waals surface area (Å²) in [5, 5.41) is 14.1. The van der Waals surface area contributed by atoms with Gasteiger partial charge in [0.2, 0.25) is 0 Å². The third-order valence-corrected chi connectivity index (χ3v) is 8.42. The normalized spacial score (nSPS) is 18.1. The quantitative estimate of drug-likeness (QED) is 0.192. The van der Waals surface area contributed by atoms with Gasteiger partial charge >= 0.3 is 0 Å². The molecule has 1 aliphatic heterocycles. The molecule has 0 aliphatic carbocycles. The van der Waals surface area contributed by atoms with Crippen LogP contribution in [0, 0.1) is 6.92 Å². The summed E-state index contributed by atoms with van der Waals surface area (Å²) >= 11 is 0. The number of hydrogen-bond acceptors (Lipinski definition) is 7. The van der Waals surface area contributed by atoms with Crippen molar-refractivity contribution in [1.82, 2.24) is 19.5 Å². The predicted molar refractivity (Wildman–Crippen MR) is 174 cm³/mol. The van der Waals surface area contributed by atoms with Crippen LogP contribution >= 0.6 is 0 Å². The fourth-order valence-electron chi connectivity index (χ4n) is 6.05. The van der Waals surface area contributed by atoms with Gasteiger partial charge in [-0.3, -0.25) is 9.36 Å². The van der Waals surface area contributed by atoms with E-state index >= 15 is 0 Å². The lowest BCUT2D eigenvalue weighted by atomic mass is 9.79. The van der Waals surface area contributed by atoms with Crippen LogP contribution in [0.3, 0.4) is 0 Å². The number of aliphatic hydroxyl groups excluding tert-OH is 1. The standard InChI is InChI=1S/C37H33N5O4/c1-25-17-19-29(20-18-25)37(27-13-7-3-8-14-27,28-15-9-4-10-16-28)45-22-31-30(43)21-32(46-31)42-24-40-33-34(38-23-39-35(33)42)41-36(44)26-11-5-2-6-12-26/h2-20,23-24,30-32,43H,21-22H2,1H3,(H,38,39,41,44)/t30-,31+,32+/m0/s1. The molecule has 230 valence electrons. The zero-order valence-electron chi connectivity index (χ0n) is 25.2. The minimum Gasteiger partial charge on any atom is -0.390 e. The van der Waals surface area contributed by atoms with Gasteiger partial charge in [-0.05, 0) is 35.7 Å². The Balaban J connectivity index is 1.16. The molecule has 9 heteroatoms. The Kier molecular flexibility index (Phi) is 8.11. The van der Waals surface area contributed by atoms with E-state index in [0.717, 1.165) is 22.3 Å². The Morgan fingerprint density at radius 1 is 0.870 bits per heavy atom. The van der Waals surface area contributed by atoms with E-state index < -0.39 is 24.0 Å². The summed E-state index contributed by atoms with van der Waals surface area (Å²) in [5.74, 6) is -0.00145. The highest BCUT2D eigenvalue weighted by atomic mass is 16.6. The number of aliphatic hydroxyl groups is 1. The van der Waals surface area contributed by atoms with Crippen LogP contribution < -0.4 is 5.32 Å². The SMILES string of the molecule is Cc1ccc(C(OC[C@H]2O[C@@H](n3cnc4c(NC(=O)c5ccccc5)ncnc43)C[C@@H]2O)(c2ccccc2)c2ccccc2)cc1. The van der Waals surface area contributed by atoms with Crippen molar-refractivity contribution in [3.63, 3.8) is 0 Å². The number of amides is 1. The van der Waals surface area contributed by atoms with Crippen molar-refractivity contribution in [3.8, 4) is 0 Å². The van der Waals surface area contributed by atoms with Crippen LogP contribution in [0.4, 0.5) is 5.82 Å². The minimum atomic E-state index is -0.946. The van der Waals surface area contributed by atoms with E-state index in [4.69, 9.17) is 9.47 Å². The number of aromatic nitrogens is 4. The van der Waals surface area contributed by atoms with Gasteiger partial charge < -0.3 is 19.9 Å². The number of nitrogens with zero attached hydrogens (tertiary/aromatic N) is 4. The molecule has 46 heavy (non-hydrogen) atoms. The Labute approximate surface area is 266 Å². The molecule has 2 aromatic heterocycles. The summed E-state index contributed by atoms with van der Waals surface area (Å²) in [4.78, 5) is 26.0. The van der Waals surface area contributed by atoms with Crippen LogP contribution in [0.1, 0.15) is 45.3 Å². The molecule has 1 fully saturated rings. The first-order valence-electron chi connectivity index (χ1n) is 15.2. The molecular formula is C37H33N5O4. The maximum atomic E-state index is 12.8. The summed E-state index contributed by atoms with van der Waals surface area (Å²) in [6.07, 6.45) is 1.31. The molecule has 4 aromatic carbocycles. The van der Waals surface area contributed by atoms with Crippen molar-refractivity contribution in [1.29, 1.82) is 0 Å². The number of fused-ring (bicyclic) bond motifs is 1. The highest BCUT2D eigenvalue weighted by Crippen LogP contribution is 2.42. The van der Waals surface area contributed by atoms with Gasteiger partial charge in [-0.15, -0.1) is 0 Å². The number of imidazole rings is 1. The topological polar surface area (TPSA) is 111 Å². The molecule has 9 nitrogen and oxygen atoms in total. The van der Waals surface area contributed by atoms with Crippen LogP contribution in [-0.4, -0.2) is 49.3 Å². The van der Waals surface area contributed by atoms with E-state index in [9.17, 15) is 9.90 Å². The summed E-state index contributed by atoms with van der Waals surface area (Å²) in [6.45, 7) is 2.18. The molecule has 1 aliphatic rings. The largest absolute Gasteiger partial charge is 0.390 e. The third-order valence-electron chi connectivity index (χ3n) is 8.42. The number of aryl methyl sites for hydroxylation is 1. The van der Waals surface area contributed by atoms with Gasteiger partial charge in [0.05, 0.1) is 19.0 Å². The lowest BCUT2D eigenvalue weighted by Crippen LogP contribution is -2.38. The number of anilines is 1. The van der Waals surface area contributed by atoms with Crippen molar-refractivity contribution in [2.45, 2.75) is 37.4 Å². The van der Waals surface area contributed by atoms with Gasteiger partial charge in [-0.1, -0.05) is 109 Å². The average molecular weight is 612 g/mol. The second-order valence-electron chi connectivity index (χ2n) is 11.4. The molecule has 0 spiro atoms. The molecule has 3 atom stereocenters. The number of benzene rings is 4. The number of carbonyl (C=O) groups excluding carboxylic acids is 1. The molecule has 0 saturated carbocycles. The summed E-state index contributed by atoms with van der Waals surface area (Å²) in [5.41, 5.74) is 4.53. The van der Waals surface area contributed by atoms with Gasteiger partial charge in [-0.25, -0.2) is 15.0 Å². The molecule has 2 N–H and O–H groups in total. The highest BCUT2D eigenvalue weighted by molar-refractivity contribution is 6.06. The zero-order valence-corrected chi connectivity index (χ0v) is 25.2. The second-order valence-corrected chi connectivity index (χ2v) is 11.4. The summed E-state index contributed by atoms with van der Waals surface area (Å²) in [6, 6.07) is 37.5. The Bertz CT molecular complexity index is 1890. The van der Waals surface area contributed by atoms with Crippen molar-refractivity contribution >= 4 is 22.9 Å². The van der Waals surface area contributed by atoms with Crippen molar-refractivity contribution in [3.05, 3.63) is 156 Å². The van der Waals surface area contributed by atoms with Crippen molar-refractivity contribution in [2.75, 3.05) is 11.9 Å². The van der Waals surface area contributed by atoms with Crippen molar-refractivity contribution in [2.24, 2.45) is 0 Å². The van der Waals surface area contributed by atoms with Crippen molar-refractivity contribution < 1.29 is 19.4 Å². The first-order chi connectivity index (χ1) is 22.5. The van der Waals surface area contributed by atoms with Crippen LogP contribution in [0.15, 0.2) is 128 Å². The first kappa shape index (κ1) is 29.5. The first-order valence-corrected chi connectivity index (χ1v) is 15.2. The smallest absolute Gasteiger partial charge is 0.256 e. The number of ether oxygens (including phenoxy) is 2. The monoisotopic (exact) mass is 611 g/mol. The number of hydrogen-bond donors (Lipinski definition) is 2. The Morgan fingerprint density at radius 2 is 1.48 bits per heavy atom. The van der Waals surface area contributed by atoms with Crippen LogP contribution in [-0.2, 0) is 15.1 Å². The van der Waals surface area contributed by atoms with Crippen LogP contribution in [0.5, 0.6) is 0 Å². The fraction of sp³-hybridized carbons (Fsp3) is 0.189. The van der Waals surface area contributed by atoms with Gasteiger partial charge in [-0.2, -0.15) is 0 Å². The molecule has 3 heterocycles. The number of nitrogens with one attached hydrogen (secondary N) is 1. The Hall–Kier alpha value is -5.22. The lowest BCUT2D eigenvalue weighted by Gasteiger charge is -2.37. The molecule has 0 bridgehead atoms. The fourth-order valence-corrected chi connectivity index (χ4v) is 6.05. The summed E-state index contributed by atoms with van der Waals surface area (Å²) in [7, 11) is 0. The predicted octanol–water partition coefficient (Wildman–Crippen LogP) is 6.04. The van der Waals surface area contributed by atoms with E-state index in [1.165, 1.54) is 6.33 Å². The maximum absolute atomic E-state index is 12.8. The second kappa shape index (κ2) is 12.6. The van der Waals surface area contributed by atoms with Gasteiger partial charge in [0.25, 0.3) is 5.91 Å². The molecule has 0 radical (unpaired) electrons. The van der Waals surface area contributed by atoms with Gasteiger partial charge in [0.1, 0.15) is 24.3 Å². The van der Waals surface area contributed by atoms with Crippen LogP contribution in [0.25, 0.3) is 11.2 Å². The maximum Gasteiger partial charge on any atom is 0.256 e. The highest BCUT2D eigenvalue weighted by Gasteiger charge is 2.42. The lowest BCUT2D eigenvalue weighted by molar-refractivity contribution is -0.0930. The van der Waals surface area contributed by atoms with E-state index in [2.05, 4.69) is 75.7 Å². The molecule has 7 rings (SSSR count).